The summed E-state index contributed by atoms with van der Waals surface area (Å²) in [4.78, 5) is 3.14. The van der Waals surface area contributed by atoms with E-state index in [-0.39, 0.29) is 0 Å². The maximum atomic E-state index is 5.58. The molecule has 1 nitrogen and oxygen atoms in total. The maximum Gasteiger partial charge on any atom is 0.195 e. The van der Waals surface area contributed by atoms with E-state index in [0.717, 1.165) is 6.54 Å². The highest BCUT2D eigenvalue weighted by atomic mass is 35.6. The fourth-order valence-electron chi connectivity index (χ4n) is 0.897. The Labute approximate surface area is 80.0 Å². The summed E-state index contributed by atoms with van der Waals surface area (Å²) < 4.78 is 0. The topological polar surface area (TPSA) is 12.0 Å². The summed E-state index contributed by atoms with van der Waals surface area (Å²) in [6.45, 7) is 0.880. The van der Waals surface area contributed by atoms with Gasteiger partial charge in [-0.25, -0.2) is 0 Å². The zero-order chi connectivity index (χ0) is 8.65. The summed E-state index contributed by atoms with van der Waals surface area (Å²) in [6, 6.07) is 10.2. The van der Waals surface area contributed by atoms with Gasteiger partial charge >= 0.3 is 0 Å². The van der Waals surface area contributed by atoms with Crippen LogP contribution in [0, 0.1) is 0 Å². The second-order valence-corrected chi connectivity index (χ2v) is 3.97. The normalized spacial score (nSPS) is 11.8. The van der Waals surface area contributed by atoms with E-state index in [1.54, 1.807) is 0 Å². The number of hydrogen-bond donors (Lipinski definition) is 1. The van der Waals surface area contributed by atoms with Crippen LogP contribution in [0.2, 0.25) is 0 Å². The van der Waals surface area contributed by atoms with Crippen molar-refractivity contribution in [3.8, 4) is 0 Å². The predicted molar refractivity (Wildman–Crippen MR) is 57.9 cm³/mol. The number of nitrogens with one attached hydrogen (secondary N) is 1. The molecule has 0 unspecified atom stereocenters. The van der Waals surface area contributed by atoms with Crippen LogP contribution in [0.5, 0.6) is 0 Å². The number of benzene rings is 1. The average molecular weight is 198 g/mol. The molecular weight excluding hydrogens is 186 g/mol. The third kappa shape index (κ3) is 3.71. The van der Waals surface area contributed by atoms with Crippen LogP contribution in [0.4, 0.5) is 0 Å². The smallest absolute Gasteiger partial charge is 0.195 e. The molecule has 0 amide bonds. The minimum Gasteiger partial charge on any atom is -0.327 e. The van der Waals surface area contributed by atoms with E-state index in [1.165, 1.54) is 5.56 Å². The van der Waals surface area contributed by atoms with E-state index in [0.29, 0.717) is 0 Å². The highest BCUT2D eigenvalue weighted by Crippen LogP contribution is 1.99. The van der Waals surface area contributed by atoms with Crippen LogP contribution < -0.4 is 4.98 Å². The first-order chi connectivity index (χ1) is 5.93. The van der Waals surface area contributed by atoms with Crippen molar-refractivity contribution in [3.05, 3.63) is 42.0 Å². The Kier molecular flexibility index (Phi) is 4.76. The molecule has 0 radical (unpaired) electrons. The Hall–Kier alpha value is -0.573. The van der Waals surface area contributed by atoms with Gasteiger partial charge in [-0.2, -0.15) is 11.1 Å². The quantitative estimate of drug-likeness (QED) is 0.439. The van der Waals surface area contributed by atoms with Crippen LogP contribution in [0.25, 0.3) is 6.08 Å². The van der Waals surface area contributed by atoms with E-state index in [9.17, 15) is 0 Å². The summed E-state index contributed by atoms with van der Waals surface area (Å²) >= 11 is 5.58. The van der Waals surface area contributed by atoms with Crippen LogP contribution in [-0.2, 0) is 0 Å². The van der Waals surface area contributed by atoms with Crippen molar-refractivity contribution in [1.82, 2.24) is 4.98 Å². The van der Waals surface area contributed by atoms with Crippen molar-refractivity contribution in [2.75, 3.05) is 6.54 Å². The Morgan fingerprint density at radius 3 is 2.75 bits per heavy atom. The zero-order valence-electron chi connectivity index (χ0n) is 6.83. The molecule has 0 aliphatic heterocycles. The molecule has 3 heteroatoms. The average Bonchev–Trinajstić information content (AvgIpc) is 2.14. The standard InChI is InChI=1S/C9H12ClNSi/c10-12-11-8-4-7-9-5-2-1-3-6-9/h1-7,11H,8,12H2. The highest BCUT2D eigenvalue weighted by molar-refractivity contribution is 6.92. The summed E-state index contributed by atoms with van der Waals surface area (Å²) in [6.07, 6.45) is 4.18. The third-order valence-electron chi connectivity index (χ3n) is 1.47. The highest BCUT2D eigenvalue weighted by Gasteiger charge is 1.81. The van der Waals surface area contributed by atoms with Crippen molar-refractivity contribution >= 4 is 26.1 Å². The summed E-state index contributed by atoms with van der Waals surface area (Å²) in [7, 11) is -0.515. The molecule has 1 rings (SSSR count). The molecular formula is C9H12ClNSi. The number of hydrogen-bond acceptors (Lipinski definition) is 1. The second-order valence-electron chi connectivity index (χ2n) is 2.40. The Morgan fingerprint density at radius 2 is 2.08 bits per heavy atom. The first kappa shape index (κ1) is 9.51. The van der Waals surface area contributed by atoms with Gasteiger partial charge in [0.2, 0.25) is 0 Å². The molecule has 0 bridgehead atoms. The summed E-state index contributed by atoms with van der Waals surface area (Å²) in [5.74, 6) is 0. The lowest BCUT2D eigenvalue weighted by molar-refractivity contribution is 1.11. The van der Waals surface area contributed by atoms with Gasteiger partial charge in [-0.15, -0.1) is 0 Å². The van der Waals surface area contributed by atoms with Gasteiger partial charge in [0.05, 0.1) is 0 Å². The lowest BCUT2D eigenvalue weighted by Crippen LogP contribution is -2.13. The minimum absolute atomic E-state index is 0.515. The van der Waals surface area contributed by atoms with Crippen LogP contribution in [0.3, 0.4) is 0 Å². The van der Waals surface area contributed by atoms with Gasteiger partial charge in [0.1, 0.15) is 0 Å². The molecule has 0 atom stereocenters. The van der Waals surface area contributed by atoms with Crippen LogP contribution in [-0.4, -0.2) is 15.5 Å². The molecule has 0 saturated carbocycles. The lowest BCUT2D eigenvalue weighted by atomic mass is 10.2. The van der Waals surface area contributed by atoms with Crippen LogP contribution in [0.1, 0.15) is 5.56 Å². The summed E-state index contributed by atoms with van der Waals surface area (Å²) in [5.41, 5.74) is 1.23. The van der Waals surface area contributed by atoms with E-state index in [1.807, 2.05) is 18.2 Å². The molecule has 12 heavy (non-hydrogen) atoms. The van der Waals surface area contributed by atoms with Gasteiger partial charge in [-0.1, -0.05) is 42.5 Å². The van der Waals surface area contributed by atoms with Crippen molar-refractivity contribution in [3.63, 3.8) is 0 Å². The number of rotatable bonds is 4. The van der Waals surface area contributed by atoms with Crippen molar-refractivity contribution in [2.45, 2.75) is 0 Å². The second kappa shape index (κ2) is 6.00. The largest absolute Gasteiger partial charge is 0.327 e. The fourth-order valence-corrected chi connectivity index (χ4v) is 1.50. The molecule has 64 valence electrons. The molecule has 1 aromatic rings. The van der Waals surface area contributed by atoms with Gasteiger partial charge in [-0.05, 0) is 5.56 Å². The lowest BCUT2D eigenvalue weighted by Gasteiger charge is -1.92. The minimum atomic E-state index is -0.515. The molecule has 0 aliphatic carbocycles. The van der Waals surface area contributed by atoms with Gasteiger partial charge < -0.3 is 4.98 Å². The van der Waals surface area contributed by atoms with E-state index in [2.05, 4.69) is 29.3 Å². The molecule has 0 heterocycles. The van der Waals surface area contributed by atoms with Gasteiger partial charge in [-0.3, -0.25) is 0 Å². The van der Waals surface area contributed by atoms with Crippen molar-refractivity contribution in [1.29, 1.82) is 0 Å². The molecule has 1 N–H and O–H groups in total. The molecule has 0 fully saturated rings. The zero-order valence-corrected chi connectivity index (χ0v) is 9.00. The molecule has 1 aromatic carbocycles. The van der Waals surface area contributed by atoms with Crippen molar-refractivity contribution < 1.29 is 0 Å². The van der Waals surface area contributed by atoms with Crippen LogP contribution in [0.15, 0.2) is 36.4 Å². The Morgan fingerprint density at radius 1 is 1.33 bits per heavy atom. The van der Waals surface area contributed by atoms with Gasteiger partial charge in [0.15, 0.2) is 8.99 Å². The molecule has 0 aliphatic rings. The van der Waals surface area contributed by atoms with E-state index in [4.69, 9.17) is 11.1 Å². The summed E-state index contributed by atoms with van der Waals surface area (Å²) in [5, 5.41) is 0. The first-order valence-corrected chi connectivity index (χ1v) is 6.76. The Bertz CT molecular complexity index is 236. The SMILES string of the molecule is Cl[SiH2]NCC=Cc1ccccc1. The van der Waals surface area contributed by atoms with E-state index >= 15 is 0 Å². The van der Waals surface area contributed by atoms with Gasteiger partial charge in [0, 0.05) is 6.54 Å². The molecule has 0 aromatic heterocycles. The van der Waals surface area contributed by atoms with E-state index < -0.39 is 8.99 Å². The van der Waals surface area contributed by atoms with Crippen LogP contribution >= 0.6 is 11.1 Å². The van der Waals surface area contributed by atoms with Gasteiger partial charge in [0.25, 0.3) is 0 Å². The first-order valence-electron chi connectivity index (χ1n) is 3.92. The fraction of sp³-hybridized carbons (Fsp3) is 0.111. The van der Waals surface area contributed by atoms with Crippen molar-refractivity contribution in [2.24, 2.45) is 0 Å². The molecule has 0 saturated heterocycles. The predicted octanol–water partition coefficient (Wildman–Crippen LogP) is 1.53. The monoisotopic (exact) mass is 197 g/mol. The maximum absolute atomic E-state index is 5.58. The number of halogens is 1. The third-order valence-corrected chi connectivity index (χ3v) is 2.51. The Balaban J connectivity index is 2.36. The molecule has 0 spiro atoms.